The van der Waals surface area contributed by atoms with Gasteiger partial charge in [-0.05, 0) is 13.0 Å². The van der Waals surface area contributed by atoms with E-state index in [1.54, 1.807) is 0 Å². The second-order valence-corrected chi connectivity index (χ2v) is 4.38. The maximum Gasteiger partial charge on any atom is 0.420 e. The van der Waals surface area contributed by atoms with Crippen LogP contribution in [-0.4, -0.2) is 26.2 Å². The van der Waals surface area contributed by atoms with Crippen LogP contribution < -0.4 is 5.56 Å². The lowest BCUT2D eigenvalue weighted by atomic mass is 10.1. The summed E-state index contributed by atoms with van der Waals surface area (Å²) in [6, 6.07) is 0.259. The number of alkyl halides is 6. The number of aromatic amines is 1. The fourth-order valence-electron chi connectivity index (χ4n) is 1.79. The van der Waals surface area contributed by atoms with Crippen LogP contribution in [0.25, 0.3) is 11.0 Å². The van der Waals surface area contributed by atoms with Gasteiger partial charge in [-0.25, -0.2) is 9.97 Å². The van der Waals surface area contributed by atoms with Gasteiger partial charge in [-0.1, -0.05) is 0 Å². The molecule has 0 spiro atoms. The number of halogens is 6. The smallest absolute Gasteiger partial charge is 0.378 e. The van der Waals surface area contributed by atoms with E-state index in [-0.39, 0.29) is 11.9 Å². The van der Waals surface area contributed by atoms with Gasteiger partial charge in [-0.3, -0.25) is 4.79 Å². The normalized spacial score (nSPS) is 14.4. The van der Waals surface area contributed by atoms with Crippen molar-refractivity contribution in [3.05, 3.63) is 33.5 Å². The van der Waals surface area contributed by atoms with E-state index in [0.717, 1.165) is 0 Å². The number of fused-ring (bicyclic) bond motifs is 1. The summed E-state index contributed by atoms with van der Waals surface area (Å²) >= 11 is 0. The van der Waals surface area contributed by atoms with Gasteiger partial charge < -0.3 is 10.1 Å². The predicted octanol–water partition coefficient (Wildman–Crippen LogP) is 2.24. The van der Waals surface area contributed by atoms with Crippen LogP contribution in [0, 0.1) is 6.92 Å². The molecular formula is C11H7F6N3O2. The van der Waals surface area contributed by atoms with E-state index in [9.17, 15) is 31.1 Å². The average molecular weight is 327 g/mol. The number of hydrogen-bond acceptors (Lipinski definition) is 4. The summed E-state index contributed by atoms with van der Waals surface area (Å²) < 4.78 is 76.2. The number of rotatable bonds is 1. The van der Waals surface area contributed by atoms with Crippen molar-refractivity contribution >= 4 is 11.0 Å². The van der Waals surface area contributed by atoms with Crippen molar-refractivity contribution in [3.8, 4) is 0 Å². The van der Waals surface area contributed by atoms with Crippen molar-refractivity contribution < 1.29 is 31.4 Å². The topological polar surface area (TPSA) is 78.9 Å². The Balaban J connectivity index is 2.86. The number of aromatic nitrogens is 3. The fourth-order valence-corrected chi connectivity index (χ4v) is 1.79. The lowest BCUT2D eigenvalue weighted by molar-refractivity contribution is -0.210. The summed E-state index contributed by atoms with van der Waals surface area (Å²) in [5.41, 5.74) is -5.75. The highest BCUT2D eigenvalue weighted by Crippen LogP contribution is 2.40. The minimum Gasteiger partial charge on any atom is -0.378 e. The van der Waals surface area contributed by atoms with E-state index in [2.05, 4.69) is 15.0 Å². The molecule has 2 heterocycles. The highest BCUT2D eigenvalue weighted by molar-refractivity contribution is 5.74. The Kier molecular flexibility index (Phi) is 3.63. The van der Waals surface area contributed by atoms with E-state index in [1.807, 2.05) is 0 Å². The second kappa shape index (κ2) is 4.93. The molecule has 0 saturated heterocycles. The Labute approximate surface area is 117 Å². The summed E-state index contributed by atoms with van der Waals surface area (Å²) in [5.74, 6) is -0.0310. The molecule has 120 valence electrons. The quantitative estimate of drug-likeness (QED) is 0.788. The summed E-state index contributed by atoms with van der Waals surface area (Å²) in [6.07, 6.45) is -14.1. The van der Waals surface area contributed by atoms with Gasteiger partial charge >= 0.3 is 12.4 Å². The van der Waals surface area contributed by atoms with E-state index >= 15 is 0 Å². The lowest BCUT2D eigenvalue weighted by Gasteiger charge is -2.19. The monoisotopic (exact) mass is 327 g/mol. The molecule has 2 aromatic heterocycles. The Hall–Kier alpha value is -2.17. The van der Waals surface area contributed by atoms with Gasteiger partial charge in [0.2, 0.25) is 0 Å². The number of aryl methyl sites for hydroxylation is 1. The first-order chi connectivity index (χ1) is 9.91. The van der Waals surface area contributed by atoms with E-state index in [1.165, 1.54) is 6.92 Å². The van der Waals surface area contributed by atoms with Crippen LogP contribution in [-0.2, 0) is 6.18 Å². The van der Waals surface area contributed by atoms with Crippen molar-refractivity contribution in [1.82, 2.24) is 15.0 Å². The molecule has 0 aliphatic rings. The van der Waals surface area contributed by atoms with Crippen molar-refractivity contribution in [1.29, 1.82) is 0 Å². The first-order valence-electron chi connectivity index (χ1n) is 5.65. The highest BCUT2D eigenvalue weighted by atomic mass is 19.4. The number of H-pyrrole nitrogens is 1. The minimum atomic E-state index is -5.37. The molecule has 0 bridgehead atoms. The largest absolute Gasteiger partial charge is 0.420 e. The minimum absolute atomic E-state index is 0.0310. The van der Waals surface area contributed by atoms with E-state index in [0.29, 0.717) is 0 Å². The molecule has 22 heavy (non-hydrogen) atoms. The van der Waals surface area contributed by atoms with Gasteiger partial charge in [0.1, 0.15) is 5.82 Å². The molecule has 2 rings (SSSR count). The zero-order valence-electron chi connectivity index (χ0n) is 10.7. The third-order valence-corrected chi connectivity index (χ3v) is 2.70. The Morgan fingerprint density at radius 2 is 1.77 bits per heavy atom. The molecule has 0 aliphatic carbocycles. The molecular weight excluding hydrogens is 320 g/mol. The molecule has 1 atom stereocenters. The first-order valence-corrected chi connectivity index (χ1v) is 5.65. The molecule has 0 radical (unpaired) electrons. The number of aliphatic hydroxyl groups is 1. The summed E-state index contributed by atoms with van der Waals surface area (Å²) in [6.45, 7) is 1.28. The highest BCUT2D eigenvalue weighted by Gasteiger charge is 2.46. The molecule has 2 N–H and O–H groups in total. The first kappa shape index (κ1) is 16.2. The van der Waals surface area contributed by atoms with Crippen molar-refractivity contribution in [3.63, 3.8) is 0 Å². The third-order valence-electron chi connectivity index (χ3n) is 2.70. The fraction of sp³-hybridized carbons (Fsp3) is 0.364. The van der Waals surface area contributed by atoms with E-state index in [4.69, 9.17) is 5.11 Å². The van der Waals surface area contributed by atoms with Crippen LogP contribution in [0.5, 0.6) is 0 Å². The SMILES string of the molecule is Cc1nc2cc(C(F)(F)F)c(C(O)C(F)(F)F)nc2c(=O)[nH]1. The van der Waals surface area contributed by atoms with Gasteiger partial charge in [0.05, 0.1) is 16.8 Å². The zero-order chi connectivity index (χ0) is 16.9. The molecule has 0 amide bonds. The zero-order valence-corrected chi connectivity index (χ0v) is 10.7. The van der Waals surface area contributed by atoms with Gasteiger partial charge in [-0.15, -0.1) is 0 Å². The van der Waals surface area contributed by atoms with Crippen molar-refractivity contribution in [2.75, 3.05) is 0 Å². The van der Waals surface area contributed by atoms with Crippen LogP contribution in [0.3, 0.4) is 0 Å². The number of hydrogen-bond donors (Lipinski definition) is 2. The lowest BCUT2D eigenvalue weighted by Crippen LogP contribution is -2.26. The van der Waals surface area contributed by atoms with Crippen LogP contribution >= 0.6 is 0 Å². The number of nitrogens with one attached hydrogen (secondary N) is 1. The average Bonchev–Trinajstić information content (AvgIpc) is 2.34. The molecule has 1 unspecified atom stereocenters. The summed E-state index contributed by atoms with van der Waals surface area (Å²) in [5, 5.41) is 9.09. The molecule has 0 aromatic carbocycles. The van der Waals surface area contributed by atoms with Crippen LogP contribution in [0.4, 0.5) is 26.3 Å². The Bertz CT molecular complexity index is 780. The van der Waals surface area contributed by atoms with Crippen molar-refractivity contribution in [2.45, 2.75) is 25.4 Å². The maximum absolute atomic E-state index is 12.9. The van der Waals surface area contributed by atoms with Gasteiger partial charge in [0.15, 0.2) is 11.6 Å². The number of nitrogens with zero attached hydrogens (tertiary/aromatic N) is 2. The van der Waals surface area contributed by atoms with Crippen LogP contribution in [0.15, 0.2) is 10.9 Å². The number of pyridine rings is 1. The molecule has 0 saturated carbocycles. The van der Waals surface area contributed by atoms with Crippen LogP contribution in [0.2, 0.25) is 0 Å². The molecule has 11 heteroatoms. The standard InChI is InChI=1S/C11H7F6N3O2/c1-3-18-5-2-4(10(12,13)14)6(8(21)11(15,16)17)20-7(5)9(22)19-3/h2,8,21H,1H3,(H,18,19,22). The van der Waals surface area contributed by atoms with Gasteiger partial charge in [0, 0.05) is 0 Å². The number of aliphatic hydroxyl groups excluding tert-OH is 1. The molecule has 5 nitrogen and oxygen atoms in total. The van der Waals surface area contributed by atoms with E-state index < -0.39 is 46.3 Å². The molecule has 0 fully saturated rings. The molecule has 0 aliphatic heterocycles. The van der Waals surface area contributed by atoms with Crippen molar-refractivity contribution in [2.24, 2.45) is 0 Å². The summed E-state index contributed by atoms with van der Waals surface area (Å²) in [7, 11) is 0. The molecule has 2 aromatic rings. The maximum atomic E-state index is 12.9. The van der Waals surface area contributed by atoms with Crippen LogP contribution in [0.1, 0.15) is 23.2 Å². The second-order valence-electron chi connectivity index (χ2n) is 4.38. The third kappa shape index (κ3) is 2.89. The Morgan fingerprint density at radius 3 is 2.27 bits per heavy atom. The van der Waals surface area contributed by atoms with Gasteiger partial charge in [-0.2, -0.15) is 26.3 Å². The Morgan fingerprint density at radius 1 is 1.18 bits per heavy atom. The van der Waals surface area contributed by atoms with Gasteiger partial charge in [0.25, 0.3) is 5.56 Å². The predicted molar refractivity (Wildman–Crippen MR) is 60.9 cm³/mol. The summed E-state index contributed by atoms with van der Waals surface area (Å²) in [4.78, 5) is 20.3.